The molecule has 7 nitrogen and oxygen atoms in total. The highest BCUT2D eigenvalue weighted by atomic mass is 32.2. The first-order valence-corrected chi connectivity index (χ1v) is 9.72. The van der Waals surface area contributed by atoms with Crippen molar-refractivity contribution in [2.75, 3.05) is 12.5 Å². The lowest BCUT2D eigenvalue weighted by Crippen LogP contribution is -2.14. The molecular weight excluding hydrogens is 318 g/mol. The summed E-state index contributed by atoms with van der Waals surface area (Å²) in [5.41, 5.74) is 6.19. The molecule has 21 heavy (non-hydrogen) atoms. The molecule has 1 atom stereocenters. The van der Waals surface area contributed by atoms with E-state index in [1.807, 2.05) is 0 Å². The molecule has 1 unspecified atom stereocenters. The molecule has 0 aliphatic carbocycles. The van der Waals surface area contributed by atoms with Crippen LogP contribution < -0.4 is 5.73 Å². The lowest BCUT2D eigenvalue weighted by molar-refractivity contribution is -0.137. The van der Waals surface area contributed by atoms with Gasteiger partial charge in [-0.05, 0) is 24.1 Å². The summed E-state index contributed by atoms with van der Waals surface area (Å²) in [6.07, 6.45) is 1.78. The first-order chi connectivity index (χ1) is 9.43. The molecule has 0 aliphatic heterocycles. The topological polar surface area (TPSA) is 132 Å². The predicted molar refractivity (Wildman–Crippen MR) is 76.5 cm³/mol. The van der Waals surface area contributed by atoms with E-state index in [4.69, 9.17) is 10.8 Å². The van der Waals surface area contributed by atoms with Gasteiger partial charge in [0.05, 0.1) is 9.79 Å². The van der Waals surface area contributed by atoms with Crippen LogP contribution in [0.3, 0.4) is 0 Å². The van der Waals surface area contributed by atoms with Crippen molar-refractivity contribution in [3.05, 3.63) is 23.8 Å². The van der Waals surface area contributed by atoms with Gasteiger partial charge in [-0.25, -0.2) is 16.8 Å². The normalized spacial score (nSPS) is 13.9. The molecule has 0 radical (unpaired) electrons. The fraction of sp³-hybridized carbons (Fsp3) is 0.417. The maximum Gasteiger partial charge on any atom is 0.303 e. The first kappa shape index (κ1) is 17.6. The molecule has 3 N–H and O–H groups in total. The largest absolute Gasteiger partial charge is 0.481 e. The van der Waals surface area contributed by atoms with Gasteiger partial charge in [-0.1, -0.05) is 6.07 Å². The summed E-state index contributed by atoms with van der Waals surface area (Å²) in [6.45, 7) is 0. The van der Waals surface area contributed by atoms with Crippen LogP contribution in [0.4, 0.5) is 0 Å². The number of carboxylic acids is 1. The van der Waals surface area contributed by atoms with Crippen molar-refractivity contribution >= 4 is 25.6 Å². The lowest BCUT2D eigenvalue weighted by Gasteiger charge is -2.14. The summed E-state index contributed by atoms with van der Waals surface area (Å²) in [6, 6.07) is 3.09. The maximum atomic E-state index is 11.7. The van der Waals surface area contributed by atoms with E-state index in [2.05, 4.69) is 0 Å². The summed E-state index contributed by atoms with van der Waals surface area (Å²) in [5, 5.41) is 8.61. The molecular formula is C12H17NO6S2. The molecule has 0 spiro atoms. The number of hydrogen-bond donors (Lipinski definition) is 2. The van der Waals surface area contributed by atoms with Crippen LogP contribution in [0, 0.1) is 0 Å². The van der Waals surface area contributed by atoms with Crippen LogP contribution in [-0.4, -0.2) is 40.4 Å². The summed E-state index contributed by atoms with van der Waals surface area (Å²) >= 11 is 0. The van der Waals surface area contributed by atoms with E-state index in [0.29, 0.717) is 5.56 Å². The van der Waals surface area contributed by atoms with Crippen molar-refractivity contribution in [1.82, 2.24) is 0 Å². The molecule has 0 fully saturated rings. The molecule has 1 aromatic carbocycles. The molecule has 1 rings (SSSR count). The highest BCUT2D eigenvalue weighted by Crippen LogP contribution is 2.26. The Morgan fingerprint density at radius 2 is 1.67 bits per heavy atom. The first-order valence-electron chi connectivity index (χ1n) is 5.94. The summed E-state index contributed by atoms with van der Waals surface area (Å²) in [5.74, 6) is -1.01. The van der Waals surface area contributed by atoms with Crippen molar-refractivity contribution in [3.8, 4) is 0 Å². The van der Waals surface area contributed by atoms with Crippen molar-refractivity contribution < 1.29 is 26.7 Å². The Bertz CT molecular complexity index is 752. The van der Waals surface area contributed by atoms with Crippen LogP contribution in [0.1, 0.15) is 24.4 Å². The minimum atomic E-state index is -3.75. The molecule has 0 saturated carbocycles. The number of aliphatic carboxylic acids is 1. The molecule has 0 heterocycles. The van der Waals surface area contributed by atoms with Gasteiger partial charge in [-0.3, -0.25) is 4.79 Å². The van der Waals surface area contributed by atoms with Crippen LogP contribution in [0.25, 0.3) is 0 Å². The highest BCUT2D eigenvalue weighted by Gasteiger charge is 2.22. The van der Waals surface area contributed by atoms with Crippen LogP contribution in [-0.2, 0) is 24.5 Å². The number of rotatable bonds is 6. The van der Waals surface area contributed by atoms with Crippen LogP contribution in [0.5, 0.6) is 0 Å². The number of nitrogens with two attached hydrogens (primary N) is 1. The Balaban J connectivity index is 3.33. The second kappa shape index (κ2) is 6.12. The number of sulfone groups is 2. The van der Waals surface area contributed by atoms with E-state index >= 15 is 0 Å². The van der Waals surface area contributed by atoms with E-state index in [-0.39, 0.29) is 22.6 Å². The molecule has 1 aromatic rings. The second-order valence-corrected chi connectivity index (χ2v) is 8.76. The molecule has 118 valence electrons. The van der Waals surface area contributed by atoms with Gasteiger partial charge < -0.3 is 10.8 Å². The zero-order chi connectivity index (χ0) is 16.4. The number of carbonyl (C=O) groups is 1. The van der Waals surface area contributed by atoms with Crippen molar-refractivity contribution in [1.29, 1.82) is 0 Å². The minimum Gasteiger partial charge on any atom is -0.481 e. The van der Waals surface area contributed by atoms with Crippen LogP contribution >= 0.6 is 0 Å². The Morgan fingerprint density at radius 3 is 2.10 bits per heavy atom. The predicted octanol–water partition coefficient (Wildman–Crippen LogP) is 0.358. The highest BCUT2D eigenvalue weighted by molar-refractivity contribution is 7.93. The average Bonchev–Trinajstić information content (AvgIpc) is 2.33. The van der Waals surface area contributed by atoms with Crippen LogP contribution in [0.15, 0.2) is 28.0 Å². The fourth-order valence-corrected chi connectivity index (χ4v) is 4.23. The van der Waals surface area contributed by atoms with Crippen molar-refractivity contribution in [2.24, 2.45) is 5.73 Å². The van der Waals surface area contributed by atoms with Crippen LogP contribution in [0.2, 0.25) is 0 Å². The van der Waals surface area contributed by atoms with Gasteiger partial charge in [0.25, 0.3) is 0 Å². The Kier molecular flexibility index (Phi) is 5.13. The number of carboxylic acid groups (broad SMARTS) is 1. The quantitative estimate of drug-likeness (QED) is 0.767. The lowest BCUT2D eigenvalue weighted by atomic mass is 10.0. The van der Waals surface area contributed by atoms with Gasteiger partial charge in [0.2, 0.25) is 0 Å². The fourth-order valence-electron chi connectivity index (χ4n) is 1.80. The maximum absolute atomic E-state index is 11.7. The van der Waals surface area contributed by atoms with E-state index in [9.17, 15) is 21.6 Å². The molecule has 0 amide bonds. The van der Waals surface area contributed by atoms with E-state index < -0.39 is 31.7 Å². The third-order valence-electron chi connectivity index (χ3n) is 2.86. The SMILES string of the molecule is CS(=O)(=O)c1ccc(C(N)CCC(=O)O)cc1S(C)(=O)=O. The zero-order valence-electron chi connectivity index (χ0n) is 11.6. The standard InChI is InChI=1S/C12H17NO6S2/c1-20(16,17)10-5-3-8(7-11(10)21(2,18)19)9(13)4-6-12(14)15/h3,5,7,9H,4,6,13H2,1-2H3,(H,14,15). The van der Waals surface area contributed by atoms with Gasteiger partial charge in [-0.2, -0.15) is 0 Å². The summed E-state index contributed by atoms with van der Waals surface area (Å²) in [4.78, 5) is 9.90. The monoisotopic (exact) mass is 335 g/mol. The van der Waals surface area contributed by atoms with E-state index in [1.54, 1.807) is 0 Å². The average molecular weight is 335 g/mol. The molecule has 0 bridgehead atoms. The molecule has 0 aliphatic rings. The van der Waals surface area contributed by atoms with E-state index in [1.165, 1.54) is 18.2 Å². The smallest absolute Gasteiger partial charge is 0.303 e. The van der Waals surface area contributed by atoms with Crippen molar-refractivity contribution in [2.45, 2.75) is 28.7 Å². The van der Waals surface area contributed by atoms with Gasteiger partial charge in [-0.15, -0.1) is 0 Å². The third-order valence-corrected chi connectivity index (χ3v) is 5.28. The number of benzene rings is 1. The van der Waals surface area contributed by atoms with Gasteiger partial charge in [0.15, 0.2) is 19.7 Å². The molecule has 9 heteroatoms. The second-order valence-electron chi connectivity index (χ2n) is 4.79. The van der Waals surface area contributed by atoms with Gasteiger partial charge in [0, 0.05) is 25.0 Å². The molecule has 0 saturated heterocycles. The van der Waals surface area contributed by atoms with Crippen molar-refractivity contribution in [3.63, 3.8) is 0 Å². The Hall–Kier alpha value is -1.45. The van der Waals surface area contributed by atoms with E-state index in [0.717, 1.165) is 12.5 Å². The van der Waals surface area contributed by atoms with Gasteiger partial charge in [0.1, 0.15) is 0 Å². The Labute approximate surface area is 123 Å². The Morgan fingerprint density at radius 1 is 1.14 bits per heavy atom. The summed E-state index contributed by atoms with van der Waals surface area (Å²) < 4.78 is 46.7. The summed E-state index contributed by atoms with van der Waals surface area (Å²) in [7, 11) is -7.45. The number of hydrogen-bond acceptors (Lipinski definition) is 6. The minimum absolute atomic E-state index is 0.122. The molecule has 0 aromatic heterocycles. The van der Waals surface area contributed by atoms with Gasteiger partial charge >= 0.3 is 5.97 Å². The third kappa shape index (κ3) is 4.80. The zero-order valence-corrected chi connectivity index (χ0v) is 13.2.